The third-order valence-corrected chi connectivity index (χ3v) is 4.08. The van der Waals surface area contributed by atoms with Gasteiger partial charge in [0.2, 0.25) is 0 Å². The molecule has 128 valence electrons. The number of imidazole rings is 1. The first kappa shape index (κ1) is 17.4. The molecule has 0 amide bonds. The standard InChI is InChI=1S/C15H24N4O4/c1-17-10-16-13-12(17)14(22)19(15(23)18(13)2)8-6-4-3-5-7-11(21)9-20/h10-11,20-21H,3-9H2,1-2H3. The Labute approximate surface area is 133 Å². The lowest BCUT2D eigenvalue weighted by Crippen LogP contribution is -2.39. The minimum Gasteiger partial charge on any atom is -0.394 e. The van der Waals surface area contributed by atoms with Crippen molar-refractivity contribution < 1.29 is 10.2 Å². The highest BCUT2D eigenvalue weighted by Crippen LogP contribution is 2.07. The quantitative estimate of drug-likeness (QED) is 0.651. The van der Waals surface area contributed by atoms with Gasteiger partial charge in [-0.15, -0.1) is 0 Å². The highest BCUT2D eigenvalue weighted by atomic mass is 16.3. The maximum absolute atomic E-state index is 12.5. The molecule has 0 aliphatic carbocycles. The molecule has 0 saturated carbocycles. The van der Waals surface area contributed by atoms with Gasteiger partial charge in [-0.25, -0.2) is 9.78 Å². The first-order valence-electron chi connectivity index (χ1n) is 7.87. The van der Waals surface area contributed by atoms with Crippen molar-refractivity contribution in [2.75, 3.05) is 6.61 Å². The van der Waals surface area contributed by atoms with Crippen LogP contribution in [0.1, 0.15) is 32.1 Å². The molecule has 0 bridgehead atoms. The van der Waals surface area contributed by atoms with Crippen LogP contribution < -0.4 is 11.2 Å². The van der Waals surface area contributed by atoms with E-state index in [1.807, 2.05) is 0 Å². The van der Waals surface area contributed by atoms with Crippen molar-refractivity contribution in [3.05, 3.63) is 27.2 Å². The van der Waals surface area contributed by atoms with Gasteiger partial charge < -0.3 is 14.8 Å². The van der Waals surface area contributed by atoms with Gasteiger partial charge in [0, 0.05) is 20.6 Å². The second-order valence-electron chi connectivity index (χ2n) is 5.87. The van der Waals surface area contributed by atoms with Crippen LogP contribution in [0.25, 0.3) is 11.2 Å². The molecule has 2 aromatic rings. The first-order valence-corrected chi connectivity index (χ1v) is 7.87. The van der Waals surface area contributed by atoms with Gasteiger partial charge in [0.1, 0.15) is 0 Å². The molecular weight excluding hydrogens is 300 g/mol. The van der Waals surface area contributed by atoms with E-state index in [9.17, 15) is 14.7 Å². The maximum atomic E-state index is 12.5. The molecule has 0 radical (unpaired) electrons. The summed E-state index contributed by atoms with van der Waals surface area (Å²) in [5, 5.41) is 18.0. The molecule has 0 aromatic carbocycles. The van der Waals surface area contributed by atoms with Gasteiger partial charge in [-0.05, 0) is 12.8 Å². The van der Waals surface area contributed by atoms with Gasteiger partial charge in [0.05, 0.1) is 19.0 Å². The SMILES string of the molecule is Cn1cnc2c1c(=O)n(CCCCCCC(O)CO)c(=O)n2C. The van der Waals surface area contributed by atoms with Gasteiger partial charge in [0.15, 0.2) is 11.2 Å². The van der Waals surface area contributed by atoms with E-state index in [2.05, 4.69) is 4.98 Å². The Balaban J connectivity index is 2.02. The molecule has 0 spiro atoms. The number of nitrogens with zero attached hydrogens (tertiary/aromatic N) is 4. The number of aryl methyl sites for hydroxylation is 2. The van der Waals surface area contributed by atoms with Gasteiger partial charge in [-0.3, -0.25) is 13.9 Å². The van der Waals surface area contributed by atoms with Crippen LogP contribution in [0, 0.1) is 0 Å². The topological polar surface area (TPSA) is 102 Å². The summed E-state index contributed by atoms with van der Waals surface area (Å²) in [6, 6.07) is 0. The zero-order valence-electron chi connectivity index (χ0n) is 13.6. The molecule has 2 aromatic heterocycles. The van der Waals surface area contributed by atoms with Gasteiger partial charge in [0.25, 0.3) is 5.56 Å². The number of aliphatic hydroxyl groups excluding tert-OH is 2. The summed E-state index contributed by atoms with van der Waals surface area (Å²) in [4.78, 5) is 28.8. The van der Waals surface area contributed by atoms with Crippen LogP contribution in [0.2, 0.25) is 0 Å². The second-order valence-corrected chi connectivity index (χ2v) is 5.87. The highest BCUT2D eigenvalue weighted by Gasteiger charge is 2.14. The van der Waals surface area contributed by atoms with E-state index in [0.29, 0.717) is 30.6 Å². The van der Waals surface area contributed by atoms with Crippen LogP contribution in [0.15, 0.2) is 15.9 Å². The summed E-state index contributed by atoms with van der Waals surface area (Å²) < 4.78 is 4.28. The normalized spacial score (nSPS) is 12.9. The smallest absolute Gasteiger partial charge is 0.332 e. The van der Waals surface area contributed by atoms with Gasteiger partial charge in [-0.1, -0.05) is 19.3 Å². The Morgan fingerprint density at radius 3 is 2.57 bits per heavy atom. The predicted molar refractivity (Wildman–Crippen MR) is 86.4 cm³/mol. The molecule has 0 saturated heterocycles. The lowest BCUT2D eigenvalue weighted by atomic mass is 10.1. The molecule has 1 atom stereocenters. The fourth-order valence-electron chi connectivity index (χ4n) is 2.69. The monoisotopic (exact) mass is 324 g/mol. The van der Waals surface area contributed by atoms with Crippen LogP contribution >= 0.6 is 0 Å². The molecule has 8 heteroatoms. The number of unbranched alkanes of at least 4 members (excludes halogenated alkanes) is 3. The summed E-state index contributed by atoms with van der Waals surface area (Å²) in [6.07, 6.45) is 4.72. The van der Waals surface area contributed by atoms with E-state index in [0.717, 1.165) is 19.3 Å². The van der Waals surface area contributed by atoms with E-state index in [1.165, 1.54) is 15.5 Å². The molecule has 0 fully saturated rings. The Morgan fingerprint density at radius 1 is 1.17 bits per heavy atom. The minimum absolute atomic E-state index is 0.212. The lowest BCUT2D eigenvalue weighted by molar-refractivity contribution is 0.0860. The van der Waals surface area contributed by atoms with E-state index >= 15 is 0 Å². The molecule has 1 unspecified atom stereocenters. The fraction of sp³-hybridized carbons (Fsp3) is 0.667. The van der Waals surface area contributed by atoms with Crippen molar-refractivity contribution in [1.29, 1.82) is 0 Å². The van der Waals surface area contributed by atoms with Crippen LogP contribution in [0.3, 0.4) is 0 Å². The summed E-state index contributed by atoms with van der Waals surface area (Å²) >= 11 is 0. The Bertz CT molecular complexity index is 774. The number of rotatable bonds is 8. The predicted octanol–water partition coefficient (Wildman–Crippen LogP) is -0.263. The van der Waals surface area contributed by atoms with Gasteiger partial charge in [-0.2, -0.15) is 0 Å². The Kier molecular flexibility index (Phi) is 5.73. The van der Waals surface area contributed by atoms with Crippen molar-refractivity contribution in [1.82, 2.24) is 18.7 Å². The average molecular weight is 324 g/mol. The largest absolute Gasteiger partial charge is 0.394 e. The number of hydrogen-bond donors (Lipinski definition) is 2. The van der Waals surface area contributed by atoms with Crippen molar-refractivity contribution in [2.45, 2.75) is 44.8 Å². The summed E-state index contributed by atoms with van der Waals surface area (Å²) in [5.41, 5.74) is 0.172. The molecule has 2 N–H and O–H groups in total. The Hall–Kier alpha value is -1.93. The number of aromatic nitrogens is 4. The Morgan fingerprint density at radius 2 is 1.87 bits per heavy atom. The highest BCUT2D eigenvalue weighted by molar-refractivity contribution is 5.69. The van der Waals surface area contributed by atoms with Crippen molar-refractivity contribution in [2.24, 2.45) is 14.1 Å². The van der Waals surface area contributed by atoms with E-state index in [1.54, 1.807) is 18.7 Å². The number of fused-ring (bicyclic) bond motifs is 1. The summed E-state index contributed by atoms with van der Waals surface area (Å²) in [6.45, 7) is 0.158. The van der Waals surface area contributed by atoms with Crippen LogP contribution in [0.4, 0.5) is 0 Å². The minimum atomic E-state index is -0.655. The molecule has 2 rings (SSSR count). The zero-order chi connectivity index (χ0) is 17.0. The molecule has 0 aliphatic rings. The molecule has 2 heterocycles. The summed E-state index contributed by atoms with van der Waals surface area (Å²) in [5.74, 6) is 0. The molecule has 23 heavy (non-hydrogen) atoms. The number of aliphatic hydroxyl groups is 2. The second kappa shape index (κ2) is 7.56. The fourth-order valence-corrected chi connectivity index (χ4v) is 2.69. The third kappa shape index (κ3) is 3.70. The average Bonchev–Trinajstić information content (AvgIpc) is 2.93. The molecule has 0 aliphatic heterocycles. The van der Waals surface area contributed by atoms with Gasteiger partial charge >= 0.3 is 5.69 Å². The maximum Gasteiger partial charge on any atom is 0.332 e. The van der Waals surface area contributed by atoms with Crippen LogP contribution in [-0.2, 0) is 20.6 Å². The third-order valence-electron chi connectivity index (χ3n) is 4.08. The van der Waals surface area contributed by atoms with Crippen LogP contribution in [0.5, 0.6) is 0 Å². The van der Waals surface area contributed by atoms with Crippen molar-refractivity contribution in [3.8, 4) is 0 Å². The van der Waals surface area contributed by atoms with E-state index < -0.39 is 6.10 Å². The summed E-state index contributed by atoms with van der Waals surface area (Å²) in [7, 11) is 3.35. The van der Waals surface area contributed by atoms with E-state index in [4.69, 9.17) is 5.11 Å². The van der Waals surface area contributed by atoms with E-state index in [-0.39, 0.29) is 17.9 Å². The number of hydrogen-bond acceptors (Lipinski definition) is 5. The molecular formula is C15H24N4O4. The van der Waals surface area contributed by atoms with Crippen molar-refractivity contribution >= 4 is 11.2 Å². The van der Waals surface area contributed by atoms with Crippen LogP contribution in [-0.4, -0.2) is 41.6 Å². The van der Waals surface area contributed by atoms with Crippen molar-refractivity contribution in [3.63, 3.8) is 0 Å². The lowest BCUT2D eigenvalue weighted by Gasteiger charge is -2.09. The first-order chi connectivity index (χ1) is 11.0. The zero-order valence-corrected chi connectivity index (χ0v) is 13.6. The molecule has 8 nitrogen and oxygen atoms in total.